The van der Waals surface area contributed by atoms with Crippen molar-refractivity contribution in [2.75, 3.05) is 20.1 Å². The molecular weight excluding hydrogens is 328 g/mol. The van der Waals surface area contributed by atoms with E-state index in [4.69, 9.17) is 10.3 Å². The molecule has 2 rings (SSSR count). The molecule has 1 amide bonds. The van der Waals surface area contributed by atoms with Gasteiger partial charge >= 0.3 is 0 Å². The van der Waals surface area contributed by atoms with Crippen molar-refractivity contribution in [3.05, 3.63) is 23.0 Å². The molecule has 2 aromatic heterocycles. The summed E-state index contributed by atoms with van der Waals surface area (Å²) < 4.78 is 5.28. The van der Waals surface area contributed by atoms with Crippen molar-refractivity contribution in [2.45, 2.75) is 40.5 Å². The van der Waals surface area contributed by atoms with E-state index in [0.717, 1.165) is 5.69 Å². The number of nitrogens with two attached hydrogens (primary N) is 1. The number of fused-ring (bicyclic) bond motifs is 1. The first-order valence-electron chi connectivity index (χ1n) is 7.88. The molecule has 0 unspecified atom stereocenters. The van der Waals surface area contributed by atoms with E-state index in [9.17, 15) is 4.79 Å². The molecule has 0 bridgehead atoms. The maximum Gasteiger partial charge on any atom is 0.259 e. The third-order valence-corrected chi connectivity index (χ3v) is 4.02. The van der Waals surface area contributed by atoms with Crippen LogP contribution in [0.3, 0.4) is 0 Å². The van der Waals surface area contributed by atoms with Crippen LogP contribution in [0.2, 0.25) is 0 Å². The van der Waals surface area contributed by atoms with E-state index in [1.165, 1.54) is 0 Å². The number of hydrogen-bond donors (Lipinski definition) is 1. The van der Waals surface area contributed by atoms with E-state index >= 15 is 0 Å². The van der Waals surface area contributed by atoms with Crippen molar-refractivity contribution in [1.82, 2.24) is 15.0 Å². The van der Waals surface area contributed by atoms with Gasteiger partial charge in [0.15, 0.2) is 0 Å². The molecule has 0 aromatic carbocycles. The Bertz CT molecular complexity index is 725. The minimum absolute atomic E-state index is 0. The lowest BCUT2D eigenvalue weighted by atomic mass is 9.93. The minimum Gasteiger partial charge on any atom is -0.341 e. The molecule has 2 aromatic rings. The summed E-state index contributed by atoms with van der Waals surface area (Å²) in [5, 5.41) is 4.65. The molecule has 0 fully saturated rings. The lowest BCUT2D eigenvalue weighted by Crippen LogP contribution is -2.39. The van der Waals surface area contributed by atoms with E-state index in [-0.39, 0.29) is 29.6 Å². The fourth-order valence-electron chi connectivity index (χ4n) is 2.56. The number of aromatic nitrogens is 2. The van der Waals surface area contributed by atoms with Gasteiger partial charge in [-0.3, -0.25) is 4.79 Å². The third-order valence-electron chi connectivity index (χ3n) is 4.02. The zero-order valence-corrected chi connectivity index (χ0v) is 16.0. The Morgan fingerprint density at radius 1 is 1.42 bits per heavy atom. The smallest absolute Gasteiger partial charge is 0.259 e. The van der Waals surface area contributed by atoms with Gasteiger partial charge in [0.05, 0.1) is 16.6 Å². The number of amides is 1. The van der Waals surface area contributed by atoms with E-state index in [1.807, 2.05) is 40.7 Å². The number of carbonyl (C=O) groups excluding carboxylic acids is 1. The topological polar surface area (TPSA) is 85.2 Å². The third kappa shape index (κ3) is 4.05. The maximum atomic E-state index is 13.0. The fourth-order valence-corrected chi connectivity index (χ4v) is 2.56. The molecule has 0 saturated heterocycles. The van der Waals surface area contributed by atoms with Crippen LogP contribution in [-0.4, -0.2) is 41.1 Å². The van der Waals surface area contributed by atoms with Crippen LogP contribution in [0.4, 0.5) is 0 Å². The average molecular weight is 355 g/mol. The second kappa shape index (κ2) is 7.49. The number of halogens is 1. The first-order chi connectivity index (χ1) is 10.7. The quantitative estimate of drug-likeness (QED) is 0.891. The van der Waals surface area contributed by atoms with E-state index in [2.05, 4.69) is 10.1 Å². The van der Waals surface area contributed by atoms with E-state index in [0.29, 0.717) is 35.4 Å². The zero-order valence-electron chi connectivity index (χ0n) is 15.2. The van der Waals surface area contributed by atoms with Crippen LogP contribution in [0.5, 0.6) is 0 Å². The highest BCUT2D eigenvalue weighted by Crippen LogP contribution is 2.26. The van der Waals surface area contributed by atoms with Crippen molar-refractivity contribution >= 4 is 29.4 Å². The summed E-state index contributed by atoms with van der Waals surface area (Å²) in [5.41, 5.74) is 8.16. The lowest BCUT2D eigenvalue weighted by Gasteiger charge is -2.29. The van der Waals surface area contributed by atoms with Crippen LogP contribution in [0.15, 0.2) is 10.6 Å². The van der Waals surface area contributed by atoms with E-state index in [1.54, 1.807) is 11.9 Å². The molecule has 0 aliphatic rings. The summed E-state index contributed by atoms with van der Waals surface area (Å²) >= 11 is 0. The molecule has 0 radical (unpaired) electrons. The summed E-state index contributed by atoms with van der Waals surface area (Å²) in [6.45, 7) is 11.1. The van der Waals surface area contributed by atoms with Gasteiger partial charge in [0.1, 0.15) is 0 Å². The van der Waals surface area contributed by atoms with Gasteiger partial charge in [-0.05, 0) is 30.9 Å². The highest BCUT2D eigenvalue weighted by Gasteiger charge is 2.25. The molecule has 0 atom stereocenters. The Morgan fingerprint density at radius 2 is 2.04 bits per heavy atom. The molecule has 2 N–H and O–H groups in total. The maximum absolute atomic E-state index is 13.0. The Morgan fingerprint density at radius 3 is 2.58 bits per heavy atom. The van der Waals surface area contributed by atoms with Gasteiger partial charge < -0.3 is 15.2 Å². The highest BCUT2D eigenvalue weighted by atomic mass is 35.5. The Labute approximate surface area is 149 Å². The molecular formula is C17H27ClN4O2. The molecule has 134 valence electrons. The minimum atomic E-state index is -0.138. The molecule has 6 nitrogen and oxygen atoms in total. The van der Waals surface area contributed by atoms with Crippen molar-refractivity contribution in [3.63, 3.8) is 0 Å². The summed E-state index contributed by atoms with van der Waals surface area (Å²) in [6, 6.07) is 1.85. The second-order valence-electron chi connectivity index (χ2n) is 7.23. The summed E-state index contributed by atoms with van der Waals surface area (Å²) in [5.74, 6) is 0.134. The molecule has 0 spiro atoms. The standard InChI is InChI=1S/C17H26N4O2.ClH/c1-10(2)13-7-12(14-11(3)20-23-15(14)19-13)16(22)21(6)9-17(4,5)8-18;/h7,10H,8-9,18H2,1-6H3;1H. The van der Waals surface area contributed by atoms with Crippen LogP contribution < -0.4 is 5.73 Å². The van der Waals surface area contributed by atoms with Crippen LogP contribution in [-0.2, 0) is 0 Å². The Balaban J connectivity index is 0.00000288. The second-order valence-corrected chi connectivity index (χ2v) is 7.23. The van der Waals surface area contributed by atoms with E-state index < -0.39 is 0 Å². The van der Waals surface area contributed by atoms with Gasteiger partial charge in [0.25, 0.3) is 11.6 Å². The molecule has 0 aliphatic carbocycles. The number of rotatable bonds is 5. The molecule has 24 heavy (non-hydrogen) atoms. The van der Waals surface area contributed by atoms with Crippen molar-refractivity contribution < 1.29 is 9.32 Å². The van der Waals surface area contributed by atoms with Crippen LogP contribution >= 0.6 is 12.4 Å². The van der Waals surface area contributed by atoms with Gasteiger partial charge in [0.2, 0.25) is 0 Å². The van der Waals surface area contributed by atoms with Crippen molar-refractivity contribution in [3.8, 4) is 0 Å². The monoisotopic (exact) mass is 354 g/mol. The van der Waals surface area contributed by atoms with Gasteiger partial charge in [-0.25, -0.2) is 4.98 Å². The van der Waals surface area contributed by atoms with Gasteiger partial charge in [-0.2, -0.15) is 0 Å². The summed E-state index contributed by atoms with van der Waals surface area (Å²) in [7, 11) is 1.80. The predicted octanol–water partition coefficient (Wildman–Crippen LogP) is 3.13. The number of pyridine rings is 1. The number of hydrogen-bond acceptors (Lipinski definition) is 5. The van der Waals surface area contributed by atoms with Crippen LogP contribution in [0.1, 0.15) is 55.4 Å². The van der Waals surface area contributed by atoms with Gasteiger partial charge in [-0.1, -0.05) is 32.9 Å². The van der Waals surface area contributed by atoms with Gasteiger partial charge in [-0.15, -0.1) is 12.4 Å². The predicted molar refractivity (Wildman–Crippen MR) is 97.7 cm³/mol. The van der Waals surface area contributed by atoms with Gasteiger partial charge in [0, 0.05) is 19.3 Å². The molecule has 0 aliphatic heterocycles. The van der Waals surface area contributed by atoms with Crippen molar-refractivity contribution in [1.29, 1.82) is 0 Å². The highest BCUT2D eigenvalue weighted by molar-refractivity contribution is 6.06. The number of aryl methyl sites for hydroxylation is 1. The normalized spacial score (nSPS) is 11.7. The van der Waals surface area contributed by atoms with Crippen LogP contribution in [0.25, 0.3) is 11.1 Å². The first-order valence-corrected chi connectivity index (χ1v) is 7.88. The fraction of sp³-hybridized carbons (Fsp3) is 0.588. The number of nitrogens with zero attached hydrogens (tertiary/aromatic N) is 3. The average Bonchev–Trinajstić information content (AvgIpc) is 2.86. The summed E-state index contributed by atoms with van der Waals surface area (Å²) in [6.07, 6.45) is 0. The SMILES string of the molecule is Cc1noc2nc(C(C)C)cc(C(=O)N(C)CC(C)(C)CN)c12.Cl. The van der Waals surface area contributed by atoms with Crippen molar-refractivity contribution in [2.24, 2.45) is 11.1 Å². The molecule has 2 heterocycles. The summed E-state index contributed by atoms with van der Waals surface area (Å²) in [4.78, 5) is 19.1. The molecule has 7 heteroatoms. The first kappa shape index (κ1) is 20.4. The molecule has 0 saturated carbocycles. The largest absolute Gasteiger partial charge is 0.341 e. The van der Waals surface area contributed by atoms with Crippen LogP contribution in [0, 0.1) is 12.3 Å². The lowest BCUT2D eigenvalue weighted by molar-refractivity contribution is 0.0742. The Kier molecular flexibility index (Phi) is 6.36. The number of carbonyl (C=O) groups is 1. The Hall–Kier alpha value is -1.66. The zero-order chi connectivity index (χ0) is 17.4.